The second-order valence-electron chi connectivity index (χ2n) is 9.95. The second-order valence-corrected chi connectivity index (χ2v) is 9.95. The topological polar surface area (TPSA) is 93.4 Å². The lowest BCUT2D eigenvalue weighted by atomic mass is 9.93. The highest BCUT2D eigenvalue weighted by Gasteiger charge is 2.25. The molecule has 3 aliphatic rings. The van der Waals surface area contributed by atoms with E-state index in [-0.39, 0.29) is 0 Å². The summed E-state index contributed by atoms with van der Waals surface area (Å²) in [6.07, 6.45) is 11.4. The van der Waals surface area contributed by atoms with Gasteiger partial charge < -0.3 is 15.0 Å². The van der Waals surface area contributed by atoms with Gasteiger partial charge in [0.15, 0.2) is 5.65 Å². The fourth-order valence-corrected chi connectivity index (χ4v) is 5.60. The van der Waals surface area contributed by atoms with Gasteiger partial charge in [0.1, 0.15) is 11.4 Å². The van der Waals surface area contributed by atoms with Crippen molar-refractivity contribution in [3.63, 3.8) is 0 Å². The molecule has 34 heavy (non-hydrogen) atoms. The van der Waals surface area contributed by atoms with E-state index in [0.717, 1.165) is 97.6 Å². The van der Waals surface area contributed by atoms with Crippen LogP contribution in [0.4, 0.5) is 11.9 Å². The molecule has 3 aromatic heterocycles. The monoisotopic (exact) mass is 462 g/mol. The largest absolute Gasteiger partial charge is 0.381 e. The van der Waals surface area contributed by atoms with E-state index in [1.807, 2.05) is 24.6 Å². The van der Waals surface area contributed by atoms with Crippen LogP contribution in [-0.2, 0) is 17.6 Å². The molecule has 2 fully saturated rings. The van der Waals surface area contributed by atoms with Crippen molar-refractivity contribution >= 4 is 17.5 Å². The van der Waals surface area contributed by atoms with Crippen molar-refractivity contribution in [2.24, 2.45) is 0 Å². The number of hydrogen-bond donors (Lipinski definition) is 1. The number of ether oxygens (including phenoxy) is 1. The van der Waals surface area contributed by atoms with E-state index >= 15 is 0 Å². The molecule has 0 unspecified atom stereocenters. The number of methoxy groups -OCH3 is 1. The minimum atomic E-state index is 0.355. The van der Waals surface area contributed by atoms with E-state index in [1.54, 1.807) is 0 Å². The first kappa shape index (κ1) is 21.7. The molecule has 180 valence electrons. The Balaban J connectivity index is 1.38. The summed E-state index contributed by atoms with van der Waals surface area (Å²) < 4.78 is 7.42. The van der Waals surface area contributed by atoms with Crippen LogP contribution in [0, 0.1) is 6.92 Å². The molecule has 1 aliphatic heterocycles. The summed E-state index contributed by atoms with van der Waals surface area (Å²) in [7, 11) is 1.81. The fourth-order valence-electron chi connectivity index (χ4n) is 5.60. The van der Waals surface area contributed by atoms with E-state index in [0.29, 0.717) is 12.1 Å². The van der Waals surface area contributed by atoms with Gasteiger partial charge in [0.25, 0.3) is 0 Å². The van der Waals surface area contributed by atoms with Crippen molar-refractivity contribution in [1.82, 2.24) is 29.5 Å². The van der Waals surface area contributed by atoms with Crippen molar-refractivity contribution in [1.29, 1.82) is 0 Å². The minimum Gasteiger partial charge on any atom is -0.381 e. The molecule has 4 heterocycles. The molecule has 9 nitrogen and oxygen atoms in total. The molecule has 3 aromatic rings. The Hall–Kier alpha value is -2.81. The minimum absolute atomic E-state index is 0.355. The lowest BCUT2D eigenvalue weighted by Crippen LogP contribution is -2.31. The third-order valence-electron chi connectivity index (χ3n) is 7.59. The quantitative estimate of drug-likeness (QED) is 0.613. The van der Waals surface area contributed by atoms with Gasteiger partial charge in [-0.25, -0.2) is 4.98 Å². The van der Waals surface area contributed by atoms with Gasteiger partial charge in [-0.2, -0.15) is 19.6 Å². The lowest BCUT2D eigenvalue weighted by molar-refractivity contribution is 0.0681. The smallest absolute Gasteiger partial charge is 0.230 e. The Kier molecular flexibility index (Phi) is 5.80. The molecule has 9 heteroatoms. The van der Waals surface area contributed by atoms with E-state index in [4.69, 9.17) is 29.8 Å². The van der Waals surface area contributed by atoms with Gasteiger partial charge in [0, 0.05) is 32.3 Å². The number of nitrogens with one attached hydrogen (secondary N) is 1. The normalized spacial score (nSPS) is 22.8. The summed E-state index contributed by atoms with van der Waals surface area (Å²) in [5.41, 5.74) is 5.70. The average Bonchev–Trinajstić information content (AvgIpc) is 3.54. The molecular formula is C25H34N8O. The SMILES string of the molecule is COC1CCC(Nc2nc(N3CCCC3)nc3cc(-c4nc5c(nc4C)CCCC5)nn23)CC1. The van der Waals surface area contributed by atoms with Gasteiger partial charge >= 0.3 is 0 Å². The molecule has 6 rings (SSSR count). The van der Waals surface area contributed by atoms with Crippen LogP contribution in [0.15, 0.2) is 6.07 Å². The first-order valence-electron chi connectivity index (χ1n) is 12.9. The van der Waals surface area contributed by atoms with Crippen LogP contribution in [0.25, 0.3) is 17.0 Å². The highest BCUT2D eigenvalue weighted by Crippen LogP contribution is 2.29. The highest BCUT2D eigenvalue weighted by molar-refractivity contribution is 5.65. The summed E-state index contributed by atoms with van der Waals surface area (Å²) in [5.74, 6) is 1.56. The van der Waals surface area contributed by atoms with Crippen molar-refractivity contribution in [2.75, 3.05) is 30.4 Å². The molecule has 0 spiro atoms. The van der Waals surface area contributed by atoms with Crippen molar-refractivity contribution in [3.8, 4) is 11.4 Å². The third-order valence-corrected chi connectivity index (χ3v) is 7.59. The molecule has 0 bridgehead atoms. The van der Waals surface area contributed by atoms with Gasteiger partial charge in [-0.3, -0.25) is 4.98 Å². The van der Waals surface area contributed by atoms with Crippen LogP contribution >= 0.6 is 0 Å². The summed E-state index contributed by atoms with van der Waals surface area (Å²) in [6, 6.07) is 2.40. The molecule has 0 amide bonds. The summed E-state index contributed by atoms with van der Waals surface area (Å²) in [4.78, 5) is 22.0. The number of rotatable bonds is 5. The molecule has 2 aliphatic carbocycles. The van der Waals surface area contributed by atoms with Crippen molar-refractivity contribution in [2.45, 2.75) is 83.3 Å². The second kappa shape index (κ2) is 9.09. The number of aryl methyl sites for hydroxylation is 3. The maximum absolute atomic E-state index is 5.56. The zero-order valence-electron chi connectivity index (χ0n) is 20.3. The predicted octanol–water partition coefficient (Wildman–Crippen LogP) is 3.74. The lowest BCUT2D eigenvalue weighted by Gasteiger charge is -2.28. The molecule has 1 N–H and O–H groups in total. The maximum atomic E-state index is 5.56. The Morgan fingerprint density at radius 1 is 0.912 bits per heavy atom. The number of aromatic nitrogens is 6. The zero-order chi connectivity index (χ0) is 23.1. The van der Waals surface area contributed by atoms with Gasteiger partial charge in [-0.15, -0.1) is 0 Å². The van der Waals surface area contributed by atoms with E-state index in [9.17, 15) is 0 Å². The van der Waals surface area contributed by atoms with Gasteiger partial charge in [0.2, 0.25) is 11.9 Å². The van der Waals surface area contributed by atoms with Gasteiger partial charge in [-0.1, -0.05) is 0 Å². The maximum Gasteiger partial charge on any atom is 0.230 e. The predicted molar refractivity (Wildman–Crippen MR) is 131 cm³/mol. The third kappa shape index (κ3) is 4.10. The zero-order valence-corrected chi connectivity index (χ0v) is 20.3. The first-order valence-corrected chi connectivity index (χ1v) is 12.9. The van der Waals surface area contributed by atoms with Gasteiger partial charge in [0.05, 0.1) is 23.2 Å². The van der Waals surface area contributed by atoms with Crippen LogP contribution < -0.4 is 10.2 Å². The standard InChI is InChI=1S/C25H34N8O/c1-16-23(28-20-8-4-3-7-19(20)26-16)21-15-22-29-24(32-13-5-6-14-32)30-25(33(22)31-21)27-17-9-11-18(34-2)12-10-17/h15,17-18H,3-14H2,1-2H3,(H,27,29,30). The molecule has 1 saturated heterocycles. The van der Waals surface area contributed by atoms with Crippen molar-refractivity contribution < 1.29 is 4.74 Å². The molecule has 0 radical (unpaired) electrons. The average molecular weight is 463 g/mol. The van der Waals surface area contributed by atoms with Crippen LogP contribution in [0.3, 0.4) is 0 Å². The number of nitrogens with zero attached hydrogens (tertiary/aromatic N) is 7. The molecule has 1 saturated carbocycles. The molecule has 0 atom stereocenters. The van der Waals surface area contributed by atoms with Crippen LogP contribution in [0.2, 0.25) is 0 Å². The first-order chi connectivity index (χ1) is 16.7. The van der Waals surface area contributed by atoms with E-state index in [2.05, 4.69) is 10.2 Å². The Morgan fingerprint density at radius 3 is 2.38 bits per heavy atom. The molecular weight excluding hydrogens is 428 g/mol. The summed E-state index contributed by atoms with van der Waals surface area (Å²) in [5, 5.41) is 8.63. The molecule has 0 aromatic carbocycles. The van der Waals surface area contributed by atoms with Gasteiger partial charge in [-0.05, 0) is 71.1 Å². The summed E-state index contributed by atoms with van der Waals surface area (Å²) in [6.45, 7) is 4.05. The Bertz CT molecular complexity index is 1180. The van der Waals surface area contributed by atoms with Crippen LogP contribution in [-0.4, -0.2) is 61.9 Å². The fraction of sp³-hybridized carbons (Fsp3) is 0.640. The van der Waals surface area contributed by atoms with Crippen LogP contribution in [0.5, 0.6) is 0 Å². The van der Waals surface area contributed by atoms with Crippen LogP contribution in [0.1, 0.15) is 68.4 Å². The number of hydrogen-bond acceptors (Lipinski definition) is 8. The summed E-state index contributed by atoms with van der Waals surface area (Å²) >= 11 is 0. The number of anilines is 2. The Morgan fingerprint density at radius 2 is 1.65 bits per heavy atom. The highest BCUT2D eigenvalue weighted by atomic mass is 16.5. The number of fused-ring (bicyclic) bond motifs is 2. The van der Waals surface area contributed by atoms with Crippen molar-refractivity contribution in [3.05, 3.63) is 23.1 Å². The van der Waals surface area contributed by atoms with E-state index < -0.39 is 0 Å². The Labute approximate surface area is 200 Å². The van der Waals surface area contributed by atoms with E-state index in [1.165, 1.54) is 25.7 Å².